The van der Waals surface area contributed by atoms with Gasteiger partial charge in [0.05, 0.1) is 16.8 Å². The fraction of sp³-hybridized carbons (Fsp3) is 0.700. The van der Waals surface area contributed by atoms with Gasteiger partial charge < -0.3 is 9.80 Å². The van der Waals surface area contributed by atoms with E-state index in [2.05, 4.69) is 23.6 Å². The van der Waals surface area contributed by atoms with E-state index in [4.69, 9.17) is 9.97 Å². The lowest BCUT2D eigenvalue weighted by Gasteiger charge is -2.28. The molecule has 4 heterocycles. The second kappa shape index (κ2) is 6.48. The summed E-state index contributed by atoms with van der Waals surface area (Å²) in [6.45, 7) is 9.34. The van der Waals surface area contributed by atoms with Gasteiger partial charge >= 0.3 is 0 Å². The monoisotopic (exact) mass is 388 g/mol. The SMILES string of the molecule is CC1(C)c2nc(N3CCCCC3)sc2Cc2sc(N3CCCCC3)nc21. The maximum atomic E-state index is 5.14. The van der Waals surface area contributed by atoms with Crippen LogP contribution in [-0.2, 0) is 11.8 Å². The van der Waals surface area contributed by atoms with Gasteiger partial charge in [-0.1, -0.05) is 0 Å². The molecule has 2 fully saturated rings. The molecule has 140 valence electrons. The van der Waals surface area contributed by atoms with Crippen LogP contribution in [0.15, 0.2) is 0 Å². The zero-order valence-electron chi connectivity index (χ0n) is 15.9. The lowest BCUT2D eigenvalue weighted by atomic mass is 9.80. The quantitative estimate of drug-likeness (QED) is 0.739. The van der Waals surface area contributed by atoms with Gasteiger partial charge in [0.15, 0.2) is 10.3 Å². The van der Waals surface area contributed by atoms with E-state index in [-0.39, 0.29) is 5.41 Å². The van der Waals surface area contributed by atoms with Crippen LogP contribution in [0.25, 0.3) is 0 Å². The maximum absolute atomic E-state index is 5.14. The third kappa shape index (κ3) is 2.76. The topological polar surface area (TPSA) is 32.3 Å². The Labute approximate surface area is 164 Å². The number of anilines is 2. The summed E-state index contributed by atoms with van der Waals surface area (Å²) in [7, 11) is 0. The van der Waals surface area contributed by atoms with E-state index in [1.165, 1.54) is 96.1 Å². The lowest BCUT2D eigenvalue weighted by Crippen LogP contribution is -2.30. The van der Waals surface area contributed by atoms with Gasteiger partial charge in [-0.2, -0.15) is 0 Å². The highest BCUT2D eigenvalue weighted by Gasteiger charge is 2.40. The highest BCUT2D eigenvalue weighted by atomic mass is 32.1. The van der Waals surface area contributed by atoms with Gasteiger partial charge in [0.2, 0.25) is 0 Å². The van der Waals surface area contributed by atoms with Gasteiger partial charge in [-0.15, -0.1) is 22.7 Å². The van der Waals surface area contributed by atoms with Crippen LogP contribution in [0.2, 0.25) is 0 Å². The van der Waals surface area contributed by atoms with E-state index < -0.39 is 0 Å². The largest absolute Gasteiger partial charge is 0.348 e. The average molecular weight is 389 g/mol. The molecule has 0 bridgehead atoms. The molecule has 0 unspecified atom stereocenters. The predicted molar refractivity (Wildman–Crippen MR) is 111 cm³/mol. The second-order valence-electron chi connectivity index (χ2n) is 8.43. The van der Waals surface area contributed by atoms with Crippen molar-refractivity contribution in [1.29, 1.82) is 0 Å². The molecule has 4 nitrogen and oxygen atoms in total. The van der Waals surface area contributed by atoms with Crippen LogP contribution < -0.4 is 9.80 Å². The van der Waals surface area contributed by atoms with Crippen LogP contribution in [0, 0.1) is 0 Å². The number of aromatic nitrogens is 2. The standard InChI is InChI=1S/C20H28N4S2/c1-20(2)16-14(25-18(21-16)23-9-5-3-6-10-23)13-15-17(20)22-19(26-15)24-11-7-4-8-12-24/h3-13H2,1-2H3. The number of fused-ring (bicyclic) bond motifs is 2. The Morgan fingerprint density at radius 2 is 1.12 bits per heavy atom. The Balaban J connectivity index is 1.47. The summed E-state index contributed by atoms with van der Waals surface area (Å²) in [5.74, 6) is 0. The predicted octanol–water partition coefficient (Wildman–Crippen LogP) is 4.81. The molecule has 5 rings (SSSR count). The molecule has 0 N–H and O–H groups in total. The number of hydrogen-bond donors (Lipinski definition) is 0. The summed E-state index contributed by atoms with van der Waals surface area (Å²) in [6, 6.07) is 0. The molecule has 2 aromatic heterocycles. The number of piperidine rings is 2. The molecule has 6 heteroatoms. The van der Waals surface area contributed by atoms with E-state index in [0.29, 0.717) is 0 Å². The Morgan fingerprint density at radius 1 is 0.692 bits per heavy atom. The van der Waals surface area contributed by atoms with Gasteiger partial charge in [0, 0.05) is 42.4 Å². The zero-order valence-corrected chi connectivity index (χ0v) is 17.5. The van der Waals surface area contributed by atoms with Crippen molar-refractivity contribution < 1.29 is 0 Å². The molecule has 2 aliphatic heterocycles. The Bertz CT molecular complexity index is 731. The van der Waals surface area contributed by atoms with Crippen LogP contribution in [0.5, 0.6) is 0 Å². The van der Waals surface area contributed by atoms with Crippen LogP contribution in [-0.4, -0.2) is 36.1 Å². The molecule has 3 aliphatic rings. The fourth-order valence-corrected chi connectivity index (χ4v) is 7.25. The molecule has 1 aliphatic carbocycles. The summed E-state index contributed by atoms with van der Waals surface area (Å²) in [6.07, 6.45) is 9.00. The van der Waals surface area contributed by atoms with Crippen LogP contribution >= 0.6 is 22.7 Å². The third-order valence-corrected chi connectivity index (χ3v) is 8.36. The Kier molecular flexibility index (Phi) is 4.24. The van der Waals surface area contributed by atoms with Crippen molar-refractivity contribution >= 4 is 32.9 Å². The van der Waals surface area contributed by atoms with Crippen molar-refractivity contribution in [2.45, 2.75) is 64.2 Å². The van der Waals surface area contributed by atoms with Crippen molar-refractivity contribution in [2.75, 3.05) is 36.0 Å². The van der Waals surface area contributed by atoms with Gasteiger partial charge in [0.25, 0.3) is 0 Å². The van der Waals surface area contributed by atoms with Crippen molar-refractivity contribution in [1.82, 2.24) is 9.97 Å². The number of nitrogens with zero attached hydrogens (tertiary/aromatic N) is 4. The van der Waals surface area contributed by atoms with Gasteiger partial charge in [-0.25, -0.2) is 9.97 Å². The molecule has 26 heavy (non-hydrogen) atoms. The van der Waals surface area contributed by atoms with Gasteiger partial charge in [-0.05, 0) is 52.4 Å². The lowest BCUT2D eigenvalue weighted by molar-refractivity contribution is 0.558. The minimum absolute atomic E-state index is 0.0714. The molecular weight excluding hydrogens is 360 g/mol. The van der Waals surface area contributed by atoms with Crippen LogP contribution in [0.1, 0.15) is 73.5 Å². The van der Waals surface area contributed by atoms with E-state index in [1.807, 2.05) is 22.7 Å². The summed E-state index contributed by atoms with van der Waals surface area (Å²) in [5.41, 5.74) is 2.50. The number of rotatable bonds is 2. The van der Waals surface area contributed by atoms with E-state index in [0.717, 1.165) is 6.42 Å². The summed E-state index contributed by atoms with van der Waals surface area (Å²) in [4.78, 5) is 18.2. The highest BCUT2D eigenvalue weighted by molar-refractivity contribution is 7.17. The molecule has 0 saturated carbocycles. The van der Waals surface area contributed by atoms with Crippen molar-refractivity contribution in [3.8, 4) is 0 Å². The molecule has 0 aromatic carbocycles. The highest BCUT2D eigenvalue weighted by Crippen LogP contribution is 2.47. The summed E-state index contributed by atoms with van der Waals surface area (Å²) in [5, 5.41) is 2.49. The maximum Gasteiger partial charge on any atom is 0.185 e. The van der Waals surface area contributed by atoms with Crippen molar-refractivity contribution in [3.63, 3.8) is 0 Å². The second-order valence-corrected chi connectivity index (χ2v) is 10.6. The Morgan fingerprint density at radius 3 is 1.54 bits per heavy atom. The van der Waals surface area contributed by atoms with Crippen LogP contribution in [0.4, 0.5) is 10.3 Å². The fourth-order valence-electron chi connectivity index (χ4n) is 4.59. The minimum Gasteiger partial charge on any atom is -0.348 e. The first-order chi connectivity index (χ1) is 12.6. The first-order valence-electron chi connectivity index (χ1n) is 10.1. The first-order valence-corrected chi connectivity index (χ1v) is 11.8. The Hall–Kier alpha value is -1.14. The molecule has 0 radical (unpaired) electrons. The normalized spacial score (nSPS) is 22.2. The van der Waals surface area contributed by atoms with Crippen molar-refractivity contribution in [3.05, 3.63) is 21.1 Å². The van der Waals surface area contributed by atoms with Gasteiger partial charge in [0.1, 0.15) is 0 Å². The minimum atomic E-state index is -0.0714. The van der Waals surface area contributed by atoms with Crippen LogP contribution in [0.3, 0.4) is 0 Å². The third-order valence-electron chi connectivity index (χ3n) is 6.13. The zero-order chi connectivity index (χ0) is 17.7. The molecule has 0 spiro atoms. The van der Waals surface area contributed by atoms with Gasteiger partial charge in [-0.3, -0.25) is 0 Å². The smallest absolute Gasteiger partial charge is 0.185 e. The molecule has 2 aromatic rings. The van der Waals surface area contributed by atoms with Crippen molar-refractivity contribution in [2.24, 2.45) is 0 Å². The van der Waals surface area contributed by atoms with E-state index in [9.17, 15) is 0 Å². The van der Waals surface area contributed by atoms with E-state index in [1.54, 1.807) is 0 Å². The first kappa shape index (κ1) is 17.0. The number of hydrogen-bond acceptors (Lipinski definition) is 6. The molecule has 0 amide bonds. The summed E-state index contributed by atoms with van der Waals surface area (Å²) < 4.78 is 0. The number of thiazole rings is 2. The molecule has 2 saturated heterocycles. The summed E-state index contributed by atoms with van der Waals surface area (Å²) >= 11 is 3.87. The molecule has 0 atom stereocenters. The molecular formula is C20H28N4S2. The van der Waals surface area contributed by atoms with E-state index >= 15 is 0 Å². The average Bonchev–Trinajstić information content (AvgIpc) is 3.29.